The smallest absolute Gasteiger partial charge is 0.318 e. The molecule has 1 atom stereocenters. The number of benzene rings is 1. The van der Waals surface area contributed by atoms with Gasteiger partial charge in [0, 0.05) is 6.07 Å². The van der Waals surface area contributed by atoms with Crippen LogP contribution in [0.4, 0.5) is 11.4 Å². The Kier molecular flexibility index (Phi) is 6.76. The molecule has 0 aromatic heterocycles. The number of hydrogen-bond donors (Lipinski definition) is 0. The minimum atomic E-state index is -2.02. The van der Waals surface area contributed by atoms with Crippen LogP contribution in [0.15, 0.2) is 23.1 Å². The molecule has 0 unspecified atom stereocenters. The number of nitro groups is 2. The first kappa shape index (κ1) is 18.7. The molecule has 0 N–H and O–H groups in total. The second kappa shape index (κ2) is 8.32. The normalized spacial score (nSPS) is 12.0. The van der Waals surface area contributed by atoms with Crippen molar-refractivity contribution in [3.8, 4) is 0 Å². The number of hydrogen-bond acceptors (Lipinski definition) is 7. The summed E-state index contributed by atoms with van der Waals surface area (Å²) in [5, 5.41) is 21.6. The van der Waals surface area contributed by atoms with E-state index in [9.17, 15) is 29.2 Å². The fraction of sp³-hybridized carbons (Fsp3) is 0.462. The molecule has 0 spiro atoms. The Labute approximate surface area is 134 Å². The number of non-ortho nitro benzene ring substituents is 1. The van der Waals surface area contributed by atoms with Gasteiger partial charge in [0.2, 0.25) is 0 Å². The molecule has 1 aromatic carbocycles. The van der Waals surface area contributed by atoms with Crippen LogP contribution >= 0.6 is 0 Å². The molecule has 0 saturated heterocycles. The van der Waals surface area contributed by atoms with Crippen molar-refractivity contribution in [3.05, 3.63) is 38.4 Å². The summed E-state index contributed by atoms with van der Waals surface area (Å²) in [6.07, 6.45) is 0.649. The molecule has 1 rings (SSSR count). The number of nitro benzene ring substituents is 2. The van der Waals surface area contributed by atoms with Gasteiger partial charge in [0.05, 0.1) is 33.3 Å². The van der Waals surface area contributed by atoms with Crippen LogP contribution in [0.1, 0.15) is 20.3 Å². The summed E-state index contributed by atoms with van der Waals surface area (Å²) in [4.78, 5) is 31.3. The number of carbonyl (C=O) groups excluding carboxylic acids is 1. The van der Waals surface area contributed by atoms with Gasteiger partial charge in [-0.3, -0.25) is 29.2 Å². The molecule has 0 amide bonds. The predicted octanol–water partition coefficient (Wildman–Crippen LogP) is 2.20. The van der Waals surface area contributed by atoms with Crippen molar-refractivity contribution in [2.24, 2.45) is 5.92 Å². The van der Waals surface area contributed by atoms with Crippen LogP contribution in [0.2, 0.25) is 0 Å². The Morgan fingerprint density at radius 2 is 1.91 bits per heavy atom. The van der Waals surface area contributed by atoms with Gasteiger partial charge >= 0.3 is 5.97 Å². The molecule has 0 radical (unpaired) electrons. The van der Waals surface area contributed by atoms with Crippen molar-refractivity contribution in [3.63, 3.8) is 0 Å². The largest absolute Gasteiger partial charge is 0.465 e. The first-order valence-corrected chi connectivity index (χ1v) is 8.01. The fourth-order valence-electron chi connectivity index (χ4n) is 1.59. The summed E-state index contributed by atoms with van der Waals surface area (Å²) in [7, 11) is -2.02. The van der Waals surface area contributed by atoms with E-state index in [4.69, 9.17) is 4.74 Å². The van der Waals surface area contributed by atoms with Gasteiger partial charge in [0.1, 0.15) is 10.6 Å². The molecule has 10 heteroatoms. The summed E-state index contributed by atoms with van der Waals surface area (Å²) in [5.74, 6) is -0.947. The van der Waals surface area contributed by atoms with E-state index in [0.717, 1.165) is 18.2 Å². The van der Waals surface area contributed by atoms with Crippen molar-refractivity contribution >= 4 is 28.1 Å². The zero-order chi connectivity index (χ0) is 17.6. The second-order valence-electron chi connectivity index (χ2n) is 5.06. The monoisotopic (exact) mass is 344 g/mol. The Morgan fingerprint density at radius 1 is 1.26 bits per heavy atom. The van der Waals surface area contributed by atoms with Gasteiger partial charge < -0.3 is 4.74 Å². The molecule has 0 heterocycles. The highest BCUT2D eigenvalue weighted by Gasteiger charge is 2.24. The molecule has 9 nitrogen and oxygen atoms in total. The quantitative estimate of drug-likeness (QED) is 0.401. The van der Waals surface area contributed by atoms with Crippen LogP contribution in [0.5, 0.6) is 0 Å². The first-order valence-electron chi connectivity index (χ1n) is 6.69. The van der Waals surface area contributed by atoms with E-state index in [1.807, 2.05) is 13.8 Å². The van der Waals surface area contributed by atoms with Gasteiger partial charge in [0.15, 0.2) is 0 Å². The van der Waals surface area contributed by atoms with Crippen LogP contribution < -0.4 is 0 Å². The van der Waals surface area contributed by atoms with Crippen LogP contribution in [-0.4, -0.2) is 32.4 Å². The Hall–Kier alpha value is -2.36. The molecule has 23 heavy (non-hydrogen) atoms. The molecule has 0 saturated carbocycles. The summed E-state index contributed by atoms with van der Waals surface area (Å²) in [5.41, 5.74) is -1.15. The van der Waals surface area contributed by atoms with E-state index in [1.165, 1.54) is 0 Å². The SMILES string of the molecule is CC(C)CCOC(=O)C[S@@](=O)c1ccc([N+](=O)[O-])cc1[N+](=O)[O-]. The number of esters is 1. The average Bonchev–Trinajstić information content (AvgIpc) is 2.45. The second-order valence-corrected chi connectivity index (χ2v) is 6.48. The third-order valence-electron chi connectivity index (χ3n) is 2.80. The summed E-state index contributed by atoms with van der Waals surface area (Å²) in [6, 6.07) is 2.75. The van der Waals surface area contributed by atoms with Crippen LogP contribution in [-0.2, 0) is 20.3 Å². The van der Waals surface area contributed by atoms with Gasteiger partial charge in [-0.05, 0) is 18.4 Å². The lowest BCUT2D eigenvalue weighted by Crippen LogP contribution is -2.16. The van der Waals surface area contributed by atoms with Crippen molar-refractivity contribution in [1.82, 2.24) is 0 Å². The molecule has 126 valence electrons. The van der Waals surface area contributed by atoms with Crippen molar-refractivity contribution < 1.29 is 23.6 Å². The highest BCUT2D eigenvalue weighted by atomic mass is 32.2. The standard InChI is InChI=1S/C13H16N2O7S/c1-9(2)5-6-22-13(16)8-23(21)12-4-3-10(14(17)18)7-11(12)15(19)20/h3-4,7,9H,5-6,8H2,1-2H3/t23-/m1/s1. The lowest BCUT2D eigenvalue weighted by molar-refractivity contribution is -0.396. The predicted molar refractivity (Wildman–Crippen MR) is 81.4 cm³/mol. The number of nitrogens with zero attached hydrogens (tertiary/aromatic N) is 2. The van der Waals surface area contributed by atoms with Gasteiger partial charge in [-0.1, -0.05) is 13.8 Å². The summed E-state index contributed by atoms with van der Waals surface area (Å²) < 4.78 is 17.0. The summed E-state index contributed by atoms with van der Waals surface area (Å²) >= 11 is 0. The molecule has 0 aliphatic rings. The van der Waals surface area contributed by atoms with Crippen molar-refractivity contribution in [2.45, 2.75) is 25.2 Å². The zero-order valence-corrected chi connectivity index (χ0v) is 13.4. The van der Waals surface area contributed by atoms with E-state index in [0.29, 0.717) is 12.3 Å². The molecule has 0 aliphatic heterocycles. The minimum absolute atomic E-state index is 0.177. The Balaban J connectivity index is 2.85. The van der Waals surface area contributed by atoms with Crippen molar-refractivity contribution in [2.75, 3.05) is 12.4 Å². The third kappa shape index (κ3) is 5.74. The Morgan fingerprint density at radius 3 is 2.43 bits per heavy atom. The molecule has 0 aliphatic carbocycles. The van der Waals surface area contributed by atoms with E-state index >= 15 is 0 Å². The lowest BCUT2D eigenvalue weighted by Gasteiger charge is -2.07. The van der Waals surface area contributed by atoms with Crippen LogP contribution in [0.25, 0.3) is 0 Å². The molecule has 1 aromatic rings. The Bertz CT molecular complexity index is 645. The maximum Gasteiger partial charge on any atom is 0.318 e. The lowest BCUT2D eigenvalue weighted by atomic mass is 10.1. The number of rotatable bonds is 8. The fourth-order valence-corrected chi connectivity index (χ4v) is 2.63. The summed E-state index contributed by atoms with van der Waals surface area (Å²) in [6.45, 7) is 4.08. The third-order valence-corrected chi connectivity index (χ3v) is 4.14. The van der Waals surface area contributed by atoms with Crippen LogP contribution in [0.3, 0.4) is 0 Å². The average molecular weight is 344 g/mol. The molecular formula is C13H16N2O7S. The molecule has 0 bridgehead atoms. The van der Waals surface area contributed by atoms with Gasteiger partial charge in [-0.15, -0.1) is 0 Å². The maximum atomic E-state index is 12.1. The van der Waals surface area contributed by atoms with Gasteiger partial charge in [0.25, 0.3) is 11.4 Å². The highest BCUT2D eigenvalue weighted by molar-refractivity contribution is 7.85. The molecule has 0 fully saturated rings. The number of carbonyl (C=O) groups is 1. The van der Waals surface area contributed by atoms with Crippen LogP contribution in [0, 0.1) is 26.1 Å². The van der Waals surface area contributed by atoms with Gasteiger partial charge in [-0.2, -0.15) is 0 Å². The van der Waals surface area contributed by atoms with Gasteiger partial charge in [-0.25, -0.2) is 0 Å². The van der Waals surface area contributed by atoms with E-state index in [1.54, 1.807) is 0 Å². The topological polar surface area (TPSA) is 130 Å². The highest BCUT2D eigenvalue weighted by Crippen LogP contribution is 2.27. The minimum Gasteiger partial charge on any atom is -0.465 e. The number of ether oxygens (including phenoxy) is 1. The maximum absolute atomic E-state index is 12.1. The van der Waals surface area contributed by atoms with E-state index in [2.05, 4.69) is 0 Å². The van der Waals surface area contributed by atoms with E-state index in [-0.39, 0.29) is 11.5 Å². The van der Waals surface area contributed by atoms with E-state index < -0.39 is 43.7 Å². The van der Waals surface area contributed by atoms with Crippen molar-refractivity contribution in [1.29, 1.82) is 0 Å². The zero-order valence-electron chi connectivity index (χ0n) is 12.6. The first-order chi connectivity index (χ1) is 10.7. The molecular weight excluding hydrogens is 328 g/mol.